The largest absolute Gasteiger partial charge is 0.497 e. The Morgan fingerprint density at radius 3 is 2.65 bits per heavy atom. The second-order valence-corrected chi connectivity index (χ2v) is 6.66. The summed E-state index contributed by atoms with van der Waals surface area (Å²) >= 11 is 0. The topological polar surface area (TPSA) is 38.5 Å². The van der Waals surface area contributed by atoms with Crippen LogP contribution in [0.2, 0.25) is 0 Å². The molecule has 1 saturated heterocycles. The molecule has 2 atom stereocenters. The molecular weight excluding hydrogens is 284 g/mol. The second kappa shape index (κ2) is 7.05. The minimum atomic E-state index is 0.227. The average Bonchev–Trinajstić information content (AvgIpc) is 2.56. The van der Waals surface area contributed by atoms with Crippen molar-refractivity contribution >= 4 is 5.69 Å². The lowest BCUT2D eigenvalue weighted by atomic mass is 9.88. The Labute approximate surface area is 139 Å². The predicted octanol–water partition coefficient (Wildman–Crippen LogP) is 3.40. The normalized spacial score (nSPS) is 21.3. The van der Waals surface area contributed by atoms with Crippen molar-refractivity contribution in [2.24, 2.45) is 11.7 Å². The van der Waals surface area contributed by atoms with Gasteiger partial charge in [-0.25, -0.2) is 0 Å². The van der Waals surface area contributed by atoms with E-state index in [2.05, 4.69) is 48.2 Å². The SMILES string of the molecule is COc1cccc(N2CC(N)CC(Cc3ccc(C)cc3)C2)c1. The first-order chi connectivity index (χ1) is 11.1. The van der Waals surface area contributed by atoms with E-state index < -0.39 is 0 Å². The van der Waals surface area contributed by atoms with Gasteiger partial charge in [0.05, 0.1) is 7.11 Å². The summed E-state index contributed by atoms with van der Waals surface area (Å²) in [7, 11) is 1.71. The van der Waals surface area contributed by atoms with Crippen LogP contribution in [0.1, 0.15) is 17.5 Å². The lowest BCUT2D eigenvalue weighted by Crippen LogP contribution is -2.47. The van der Waals surface area contributed by atoms with Crippen molar-refractivity contribution < 1.29 is 4.74 Å². The Morgan fingerprint density at radius 2 is 1.91 bits per heavy atom. The lowest BCUT2D eigenvalue weighted by molar-refractivity contribution is 0.374. The third kappa shape index (κ3) is 4.05. The maximum Gasteiger partial charge on any atom is 0.120 e. The molecule has 23 heavy (non-hydrogen) atoms. The molecule has 0 aromatic heterocycles. The molecule has 2 N–H and O–H groups in total. The summed E-state index contributed by atoms with van der Waals surface area (Å²) in [5, 5.41) is 0. The van der Waals surface area contributed by atoms with E-state index in [1.54, 1.807) is 7.11 Å². The molecule has 2 unspecified atom stereocenters. The standard InChI is InChI=1S/C20H26N2O/c1-15-6-8-16(9-7-15)10-17-11-18(21)14-22(13-17)19-4-3-5-20(12-19)23-2/h3-9,12,17-18H,10-11,13-14,21H2,1-2H3. The van der Waals surface area contributed by atoms with Gasteiger partial charge < -0.3 is 15.4 Å². The molecule has 0 aliphatic carbocycles. The van der Waals surface area contributed by atoms with Gasteiger partial charge in [-0.3, -0.25) is 0 Å². The lowest BCUT2D eigenvalue weighted by Gasteiger charge is -2.38. The maximum absolute atomic E-state index is 6.33. The van der Waals surface area contributed by atoms with Gasteiger partial charge in [0.25, 0.3) is 0 Å². The van der Waals surface area contributed by atoms with Crippen molar-refractivity contribution in [2.75, 3.05) is 25.1 Å². The smallest absolute Gasteiger partial charge is 0.120 e. The maximum atomic E-state index is 6.33. The van der Waals surface area contributed by atoms with Gasteiger partial charge in [-0.15, -0.1) is 0 Å². The van der Waals surface area contributed by atoms with E-state index in [-0.39, 0.29) is 6.04 Å². The van der Waals surface area contributed by atoms with Crippen LogP contribution in [-0.4, -0.2) is 26.2 Å². The van der Waals surface area contributed by atoms with E-state index in [9.17, 15) is 0 Å². The minimum Gasteiger partial charge on any atom is -0.497 e. The monoisotopic (exact) mass is 310 g/mol. The Kier molecular flexibility index (Phi) is 4.87. The number of aryl methyl sites for hydroxylation is 1. The molecule has 3 heteroatoms. The van der Waals surface area contributed by atoms with Gasteiger partial charge in [0, 0.05) is 30.9 Å². The van der Waals surface area contributed by atoms with Crippen LogP contribution in [0.3, 0.4) is 0 Å². The van der Waals surface area contributed by atoms with Gasteiger partial charge >= 0.3 is 0 Å². The minimum absolute atomic E-state index is 0.227. The zero-order valence-electron chi connectivity index (χ0n) is 14.0. The summed E-state index contributed by atoms with van der Waals surface area (Å²) in [6.45, 7) is 4.09. The molecule has 3 rings (SSSR count). The highest BCUT2D eigenvalue weighted by molar-refractivity contribution is 5.51. The highest BCUT2D eigenvalue weighted by Crippen LogP contribution is 2.27. The first-order valence-corrected chi connectivity index (χ1v) is 8.34. The van der Waals surface area contributed by atoms with E-state index >= 15 is 0 Å². The van der Waals surface area contributed by atoms with Crippen molar-refractivity contribution in [3.63, 3.8) is 0 Å². The van der Waals surface area contributed by atoms with Crippen molar-refractivity contribution in [3.8, 4) is 5.75 Å². The van der Waals surface area contributed by atoms with E-state index in [0.717, 1.165) is 31.7 Å². The third-order valence-corrected chi connectivity index (χ3v) is 4.63. The summed E-state index contributed by atoms with van der Waals surface area (Å²) < 4.78 is 5.35. The summed E-state index contributed by atoms with van der Waals surface area (Å²) in [5.41, 5.74) is 10.2. The van der Waals surface area contributed by atoms with Crippen LogP contribution >= 0.6 is 0 Å². The van der Waals surface area contributed by atoms with E-state index in [0.29, 0.717) is 5.92 Å². The average molecular weight is 310 g/mol. The summed E-state index contributed by atoms with van der Waals surface area (Å²) in [5.74, 6) is 1.49. The molecule has 2 aromatic rings. The third-order valence-electron chi connectivity index (χ3n) is 4.63. The molecule has 0 saturated carbocycles. The van der Waals surface area contributed by atoms with Crippen LogP contribution in [-0.2, 0) is 6.42 Å². The Balaban J connectivity index is 1.72. The van der Waals surface area contributed by atoms with Crippen LogP contribution in [0.4, 0.5) is 5.69 Å². The molecular formula is C20H26N2O. The zero-order chi connectivity index (χ0) is 16.2. The van der Waals surface area contributed by atoms with E-state index in [1.807, 2.05) is 12.1 Å². The van der Waals surface area contributed by atoms with Crippen molar-refractivity contribution in [1.82, 2.24) is 0 Å². The van der Waals surface area contributed by atoms with E-state index in [4.69, 9.17) is 10.5 Å². The quantitative estimate of drug-likeness (QED) is 0.940. The van der Waals surface area contributed by atoms with Crippen LogP contribution in [0.5, 0.6) is 5.75 Å². The predicted molar refractivity (Wildman–Crippen MR) is 96.2 cm³/mol. The highest BCUT2D eigenvalue weighted by Gasteiger charge is 2.25. The summed E-state index contributed by atoms with van der Waals surface area (Å²) in [6, 6.07) is 17.4. The molecule has 1 aliphatic rings. The zero-order valence-corrected chi connectivity index (χ0v) is 14.0. The molecule has 1 aliphatic heterocycles. The molecule has 0 bridgehead atoms. The highest BCUT2D eigenvalue weighted by atomic mass is 16.5. The first kappa shape index (κ1) is 15.9. The van der Waals surface area contributed by atoms with Gasteiger partial charge in [0.1, 0.15) is 5.75 Å². The molecule has 0 spiro atoms. The van der Waals surface area contributed by atoms with Crippen molar-refractivity contribution in [1.29, 1.82) is 0 Å². The molecule has 3 nitrogen and oxygen atoms in total. The fourth-order valence-corrected chi connectivity index (χ4v) is 3.47. The molecule has 122 valence electrons. The Morgan fingerprint density at radius 1 is 1.13 bits per heavy atom. The number of ether oxygens (including phenoxy) is 1. The number of hydrogen-bond acceptors (Lipinski definition) is 3. The number of piperidine rings is 1. The summed E-state index contributed by atoms with van der Waals surface area (Å²) in [6.07, 6.45) is 2.18. The molecule has 0 amide bonds. The molecule has 2 aromatic carbocycles. The van der Waals surface area contributed by atoms with Crippen LogP contribution in [0.25, 0.3) is 0 Å². The summed E-state index contributed by atoms with van der Waals surface area (Å²) in [4.78, 5) is 2.40. The number of methoxy groups -OCH3 is 1. The number of benzene rings is 2. The van der Waals surface area contributed by atoms with E-state index in [1.165, 1.54) is 16.8 Å². The van der Waals surface area contributed by atoms with Crippen LogP contribution in [0.15, 0.2) is 48.5 Å². The van der Waals surface area contributed by atoms with Gasteiger partial charge in [-0.2, -0.15) is 0 Å². The van der Waals surface area contributed by atoms with Crippen molar-refractivity contribution in [2.45, 2.75) is 25.8 Å². The Bertz CT molecular complexity index is 638. The second-order valence-electron chi connectivity index (χ2n) is 6.66. The fraction of sp³-hybridized carbons (Fsp3) is 0.400. The molecule has 0 radical (unpaired) electrons. The molecule has 1 heterocycles. The van der Waals surface area contributed by atoms with Gasteiger partial charge in [-0.05, 0) is 43.4 Å². The van der Waals surface area contributed by atoms with Gasteiger partial charge in [-0.1, -0.05) is 35.9 Å². The number of rotatable bonds is 4. The van der Waals surface area contributed by atoms with Crippen molar-refractivity contribution in [3.05, 3.63) is 59.7 Å². The number of hydrogen-bond donors (Lipinski definition) is 1. The van der Waals surface area contributed by atoms with Gasteiger partial charge in [0.15, 0.2) is 0 Å². The number of nitrogens with zero attached hydrogens (tertiary/aromatic N) is 1. The number of nitrogens with two attached hydrogens (primary N) is 1. The van der Waals surface area contributed by atoms with Crippen LogP contribution in [0, 0.1) is 12.8 Å². The molecule has 1 fully saturated rings. The Hall–Kier alpha value is -2.00. The van der Waals surface area contributed by atoms with Gasteiger partial charge in [0.2, 0.25) is 0 Å². The fourth-order valence-electron chi connectivity index (χ4n) is 3.47. The van der Waals surface area contributed by atoms with Crippen LogP contribution < -0.4 is 15.4 Å². The number of anilines is 1. The first-order valence-electron chi connectivity index (χ1n) is 8.34.